The molecular weight excluding hydrogens is 359 g/mol. The van der Waals surface area contributed by atoms with Gasteiger partial charge in [0.1, 0.15) is 0 Å². The molecule has 1 amide bonds. The van der Waals surface area contributed by atoms with E-state index in [4.69, 9.17) is 5.73 Å². The lowest BCUT2D eigenvalue weighted by atomic mass is 10.1. The van der Waals surface area contributed by atoms with Crippen LogP contribution in [0.5, 0.6) is 0 Å². The number of hydrogen-bond donors (Lipinski definition) is 1. The second kappa shape index (κ2) is 7.40. The summed E-state index contributed by atoms with van der Waals surface area (Å²) in [7, 11) is 0. The molecule has 0 spiro atoms. The van der Waals surface area contributed by atoms with Crippen LogP contribution in [0.2, 0.25) is 0 Å². The highest BCUT2D eigenvalue weighted by molar-refractivity contribution is 5.92. The maximum atomic E-state index is 13.1. The molecular formula is C15H17ClF3N5O. The number of carbonyl (C=O) groups excluding carboxylic acids is 1. The Morgan fingerprint density at radius 2 is 2.04 bits per heavy atom. The normalized spacial score (nSPS) is 17.4. The van der Waals surface area contributed by atoms with Crippen molar-refractivity contribution in [3.05, 3.63) is 41.7 Å². The first-order chi connectivity index (χ1) is 11.4. The number of halogens is 4. The molecule has 0 saturated carbocycles. The number of hydrogen-bond acceptors (Lipinski definition) is 4. The van der Waals surface area contributed by atoms with Crippen LogP contribution in [-0.4, -0.2) is 45.4 Å². The largest absolute Gasteiger partial charge is 0.418 e. The molecule has 1 aromatic heterocycles. The molecule has 10 heteroatoms. The molecule has 2 heterocycles. The Balaban J connectivity index is 0.00000225. The molecule has 1 aromatic carbocycles. The summed E-state index contributed by atoms with van der Waals surface area (Å²) in [5.74, 6) is -0.100. The van der Waals surface area contributed by atoms with Gasteiger partial charge in [-0.1, -0.05) is 17.3 Å². The summed E-state index contributed by atoms with van der Waals surface area (Å²) in [4.78, 5) is 14.0. The zero-order valence-corrected chi connectivity index (χ0v) is 13.9. The van der Waals surface area contributed by atoms with Gasteiger partial charge in [0.05, 0.1) is 17.4 Å². The van der Waals surface area contributed by atoms with Gasteiger partial charge < -0.3 is 10.6 Å². The first-order valence-corrected chi connectivity index (χ1v) is 7.48. The lowest BCUT2D eigenvalue weighted by Crippen LogP contribution is -2.30. The zero-order valence-electron chi connectivity index (χ0n) is 13.1. The van der Waals surface area contributed by atoms with E-state index in [0.29, 0.717) is 19.6 Å². The molecule has 0 aliphatic carbocycles. The average Bonchev–Trinajstić information content (AvgIpc) is 3.23. The summed E-state index contributed by atoms with van der Waals surface area (Å²) in [6.45, 7) is 1.59. The van der Waals surface area contributed by atoms with E-state index in [2.05, 4.69) is 10.3 Å². The molecule has 136 valence electrons. The van der Waals surface area contributed by atoms with Gasteiger partial charge in [0.2, 0.25) is 0 Å². The molecule has 2 N–H and O–H groups in total. The van der Waals surface area contributed by atoms with E-state index >= 15 is 0 Å². The van der Waals surface area contributed by atoms with Gasteiger partial charge in [-0.2, -0.15) is 13.2 Å². The van der Waals surface area contributed by atoms with Gasteiger partial charge in [-0.15, -0.1) is 17.5 Å². The van der Waals surface area contributed by atoms with Gasteiger partial charge in [0.15, 0.2) is 5.69 Å². The Bertz CT molecular complexity index is 749. The van der Waals surface area contributed by atoms with Gasteiger partial charge in [0.25, 0.3) is 5.91 Å². The number of rotatable bonds is 3. The number of nitrogens with two attached hydrogens (primary N) is 1. The van der Waals surface area contributed by atoms with Crippen LogP contribution in [0.3, 0.4) is 0 Å². The molecule has 6 nitrogen and oxygen atoms in total. The number of nitrogens with zero attached hydrogens (tertiary/aromatic N) is 4. The van der Waals surface area contributed by atoms with Crippen molar-refractivity contribution in [1.82, 2.24) is 19.9 Å². The monoisotopic (exact) mass is 375 g/mol. The van der Waals surface area contributed by atoms with Crippen LogP contribution >= 0.6 is 12.4 Å². The summed E-state index contributed by atoms with van der Waals surface area (Å²) < 4.78 is 40.2. The lowest BCUT2D eigenvalue weighted by Gasteiger charge is -2.14. The Morgan fingerprint density at radius 1 is 1.32 bits per heavy atom. The molecule has 1 unspecified atom stereocenters. The van der Waals surface area contributed by atoms with Crippen molar-refractivity contribution in [2.45, 2.75) is 12.6 Å². The number of alkyl halides is 3. The van der Waals surface area contributed by atoms with E-state index in [9.17, 15) is 18.0 Å². The van der Waals surface area contributed by atoms with Crippen LogP contribution in [0.15, 0.2) is 30.5 Å². The Morgan fingerprint density at radius 3 is 2.68 bits per heavy atom. The molecule has 1 fully saturated rings. The fraction of sp³-hybridized carbons (Fsp3) is 0.400. The van der Waals surface area contributed by atoms with Crippen molar-refractivity contribution in [1.29, 1.82) is 0 Å². The number of para-hydroxylation sites is 1. The van der Waals surface area contributed by atoms with Crippen molar-refractivity contribution in [2.24, 2.45) is 11.7 Å². The minimum absolute atomic E-state index is 0. The van der Waals surface area contributed by atoms with Crippen LogP contribution < -0.4 is 5.73 Å². The summed E-state index contributed by atoms with van der Waals surface area (Å²) in [6, 6.07) is 5.02. The molecule has 1 atom stereocenters. The standard InChI is InChI=1S/C15H16F3N5O.ClH/c16-15(17,18)11-3-1-2-4-13(11)23-9-12(20-21-23)14(24)22-6-5-10(7-19)8-22;/h1-4,9-10H,5-8,19H2;1H. The van der Waals surface area contributed by atoms with Gasteiger partial charge in [0, 0.05) is 13.1 Å². The van der Waals surface area contributed by atoms with Crippen LogP contribution in [-0.2, 0) is 6.18 Å². The number of benzene rings is 1. The Labute approximate surface area is 148 Å². The predicted molar refractivity (Wildman–Crippen MR) is 86.7 cm³/mol. The number of aromatic nitrogens is 3. The third-order valence-electron chi connectivity index (χ3n) is 4.08. The third-order valence-corrected chi connectivity index (χ3v) is 4.08. The Kier molecular flexibility index (Phi) is 5.69. The molecule has 3 rings (SSSR count). The first-order valence-electron chi connectivity index (χ1n) is 7.48. The smallest absolute Gasteiger partial charge is 0.337 e. The minimum Gasteiger partial charge on any atom is -0.337 e. The molecule has 0 bridgehead atoms. The molecule has 25 heavy (non-hydrogen) atoms. The minimum atomic E-state index is -4.52. The SMILES string of the molecule is Cl.NCC1CCN(C(=O)c2cn(-c3ccccc3C(F)(F)F)nn2)C1. The first kappa shape index (κ1) is 19.2. The maximum Gasteiger partial charge on any atom is 0.418 e. The average molecular weight is 376 g/mol. The summed E-state index contributed by atoms with van der Waals surface area (Å²) in [6.07, 6.45) is -2.48. The van der Waals surface area contributed by atoms with Gasteiger partial charge >= 0.3 is 6.18 Å². The van der Waals surface area contributed by atoms with Crippen molar-refractivity contribution in [2.75, 3.05) is 19.6 Å². The lowest BCUT2D eigenvalue weighted by molar-refractivity contribution is -0.137. The summed E-state index contributed by atoms with van der Waals surface area (Å²) in [5.41, 5.74) is 4.61. The second-order valence-corrected chi connectivity index (χ2v) is 5.70. The van der Waals surface area contributed by atoms with E-state index in [1.807, 2.05) is 0 Å². The summed E-state index contributed by atoms with van der Waals surface area (Å²) in [5, 5.41) is 7.42. The van der Waals surface area contributed by atoms with Crippen molar-refractivity contribution >= 4 is 18.3 Å². The number of amides is 1. The quantitative estimate of drug-likeness (QED) is 0.891. The summed E-state index contributed by atoms with van der Waals surface area (Å²) >= 11 is 0. The highest BCUT2D eigenvalue weighted by Gasteiger charge is 2.34. The van der Waals surface area contributed by atoms with Crippen LogP contribution in [0.4, 0.5) is 13.2 Å². The number of likely N-dealkylation sites (tertiary alicyclic amines) is 1. The van der Waals surface area contributed by atoms with Crippen LogP contribution in [0.1, 0.15) is 22.5 Å². The van der Waals surface area contributed by atoms with E-state index in [1.54, 1.807) is 4.90 Å². The van der Waals surface area contributed by atoms with Gasteiger partial charge in [-0.05, 0) is 31.0 Å². The van der Waals surface area contributed by atoms with E-state index in [0.717, 1.165) is 17.2 Å². The third kappa shape index (κ3) is 3.93. The highest BCUT2D eigenvalue weighted by Crippen LogP contribution is 2.33. The molecule has 1 aliphatic heterocycles. The predicted octanol–water partition coefficient (Wildman–Crippen LogP) is 2.13. The van der Waals surface area contributed by atoms with Crippen molar-refractivity contribution in [3.63, 3.8) is 0 Å². The molecule has 2 aromatic rings. The number of carbonyl (C=O) groups is 1. The van der Waals surface area contributed by atoms with Crippen molar-refractivity contribution in [3.8, 4) is 5.69 Å². The molecule has 1 aliphatic rings. The van der Waals surface area contributed by atoms with Gasteiger partial charge in [-0.25, -0.2) is 4.68 Å². The van der Waals surface area contributed by atoms with Gasteiger partial charge in [-0.3, -0.25) is 4.79 Å². The van der Waals surface area contributed by atoms with E-state index < -0.39 is 11.7 Å². The fourth-order valence-electron chi connectivity index (χ4n) is 2.76. The fourth-order valence-corrected chi connectivity index (χ4v) is 2.76. The maximum absolute atomic E-state index is 13.1. The second-order valence-electron chi connectivity index (χ2n) is 5.70. The molecule has 1 saturated heterocycles. The van der Waals surface area contributed by atoms with E-state index in [-0.39, 0.29) is 35.6 Å². The zero-order chi connectivity index (χ0) is 17.3. The topological polar surface area (TPSA) is 77.0 Å². The van der Waals surface area contributed by atoms with Crippen LogP contribution in [0.25, 0.3) is 5.69 Å². The molecule has 0 radical (unpaired) electrons. The highest BCUT2D eigenvalue weighted by atomic mass is 35.5. The van der Waals surface area contributed by atoms with Crippen LogP contribution in [0, 0.1) is 5.92 Å². The van der Waals surface area contributed by atoms with E-state index in [1.165, 1.54) is 24.4 Å². The Hall–Kier alpha value is -2.13. The van der Waals surface area contributed by atoms with Crippen molar-refractivity contribution < 1.29 is 18.0 Å².